The Morgan fingerprint density at radius 2 is 1.58 bits per heavy atom. The van der Waals surface area contributed by atoms with E-state index in [0.717, 1.165) is 55.7 Å². The van der Waals surface area contributed by atoms with Crippen LogP contribution < -0.4 is 34.1 Å². The van der Waals surface area contributed by atoms with Crippen molar-refractivity contribution in [2.24, 2.45) is 0 Å². The number of hydrogen-bond donors (Lipinski definition) is 3. The fourth-order valence-electron chi connectivity index (χ4n) is 4.43. The highest BCUT2D eigenvalue weighted by molar-refractivity contribution is 5.93. The lowest BCUT2D eigenvalue weighted by atomic mass is 10.1. The maximum Gasteiger partial charge on any atom is 0.282 e. The van der Waals surface area contributed by atoms with Crippen LogP contribution in [0.5, 0.6) is 23.0 Å². The van der Waals surface area contributed by atoms with Gasteiger partial charge >= 0.3 is 0 Å². The molecule has 3 heterocycles. The Morgan fingerprint density at radius 1 is 0.903 bits per heavy atom. The van der Waals surface area contributed by atoms with Crippen LogP contribution in [0.3, 0.4) is 0 Å². The lowest BCUT2D eigenvalue weighted by Crippen LogP contribution is -3.29. The van der Waals surface area contributed by atoms with Crippen molar-refractivity contribution in [3.05, 3.63) is 42.0 Å². The Hall–Kier alpha value is -2.97. The summed E-state index contributed by atoms with van der Waals surface area (Å²) in [5, 5.41) is 3.04. The fraction of sp³-hybridized carbons (Fsp3) is 0.435. The van der Waals surface area contributed by atoms with E-state index >= 15 is 0 Å². The highest BCUT2D eigenvalue weighted by Gasteiger charge is 2.31. The smallest absolute Gasteiger partial charge is 0.282 e. The number of piperazine rings is 1. The predicted octanol–water partition coefficient (Wildman–Crippen LogP) is -0.503. The fourth-order valence-corrected chi connectivity index (χ4v) is 4.43. The average Bonchev–Trinajstić information content (AvgIpc) is 3.27. The Bertz CT molecular complexity index is 958. The van der Waals surface area contributed by atoms with E-state index < -0.39 is 0 Å². The van der Waals surface area contributed by atoms with Gasteiger partial charge in [0.05, 0.1) is 0 Å². The molecule has 0 radical (unpaired) electrons. The molecule has 0 aliphatic carbocycles. The highest BCUT2D eigenvalue weighted by Crippen LogP contribution is 2.33. The van der Waals surface area contributed by atoms with Gasteiger partial charge in [0.15, 0.2) is 29.0 Å². The number of carbonyl (C=O) groups excluding carboxylic acids is 1. The minimum atomic E-state index is -0.111. The van der Waals surface area contributed by atoms with Crippen LogP contribution in [-0.4, -0.2) is 58.1 Å². The van der Waals surface area contributed by atoms with Crippen molar-refractivity contribution in [2.75, 3.05) is 51.5 Å². The van der Waals surface area contributed by atoms with E-state index in [1.54, 1.807) is 0 Å². The van der Waals surface area contributed by atoms with Gasteiger partial charge < -0.3 is 34.1 Å². The Balaban J connectivity index is 1.13. The second kappa shape index (κ2) is 8.64. The standard InChI is InChI=1S/C23H27N3O5/c1-16(23(27)24-18-3-5-19-22(13-18)29-11-10-28-19)26-8-6-25(7-9-26)14-17-2-4-20-21(12-17)31-15-30-20/h2-5,12-13,16H,6-11,14-15H2,1H3,(H,24,27)/p+2/t16-/m0/s1. The first kappa shape index (κ1) is 20.0. The molecule has 0 unspecified atom stereocenters. The number of fused-ring (bicyclic) bond motifs is 2. The first-order valence-electron chi connectivity index (χ1n) is 10.9. The number of nitrogens with one attached hydrogen (secondary N) is 3. The maximum absolute atomic E-state index is 12.8. The predicted molar refractivity (Wildman–Crippen MR) is 113 cm³/mol. The van der Waals surface area contributed by atoms with Gasteiger partial charge in [-0.05, 0) is 37.3 Å². The maximum atomic E-state index is 12.8. The highest BCUT2D eigenvalue weighted by atomic mass is 16.7. The summed E-state index contributed by atoms with van der Waals surface area (Å²) in [7, 11) is 0. The molecule has 1 fully saturated rings. The summed E-state index contributed by atoms with van der Waals surface area (Å²) in [6.45, 7) is 8.36. The van der Waals surface area contributed by atoms with Gasteiger partial charge in [0.1, 0.15) is 45.9 Å². The molecule has 8 heteroatoms. The monoisotopic (exact) mass is 427 g/mol. The minimum absolute atomic E-state index is 0.0332. The van der Waals surface area contributed by atoms with Gasteiger partial charge in [-0.15, -0.1) is 0 Å². The topological polar surface area (TPSA) is 74.9 Å². The van der Waals surface area contributed by atoms with Crippen LogP contribution in [0.25, 0.3) is 0 Å². The third-order valence-corrected chi connectivity index (χ3v) is 6.31. The molecule has 0 aromatic heterocycles. The van der Waals surface area contributed by atoms with Crippen LogP contribution in [0.4, 0.5) is 5.69 Å². The number of ether oxygens (including phenoxy) is 4. The van der Waals surface area contributed by atoms with Crippen LogP contribution in [0.15, 0.2) is 36.4 Å². The lowest BCUT2D eigenvalue weighted by molar-refractivity contribution is -1.02. The molecule has 1 amide bonds. The molecule has 31 heavy (non-hydrogen) atoms. The molecule has 3 N–H and O–H groups in total. The van der Waals surface area contributed by atoms with E-state index in [9.17, 15) is 4.79 Å². The zero-order valence-corrected chi connectivity index (χ0v) is 17.7. The molecule has 0 spiro atoms. The van der Waals surface area contributed by atoms with Gasteiger partial charge in [-0.2, -0.15) is 0 Å². The van der Waals surface area contributed by atoms with Crippen molar-refractivity contribution in [3.63, 3.8) is 0 Å². The number of benzene rings is 2. The van der Waals surface area contributed by atoms with Crippen molar-refractivity contribution < 1.29 is 33.5 Å². The largest absolute Gasteiger partial charge is 0.486 e. The summed E-state index contributed by atoms with van der Waals surface area (Å²) >= 11 is 0. The molecule has 1 atom stereocenters. The molecule has 8 nitrogen and oxygen atoms in total. The van der Waals surface area contributed by atoms with E-state index in [4.69, 9.17) is 18.9 Å². The zero-order valence-electron chi connectivity index (χ0n) is 17.7. The van der Waals surface area contributed by atoms with Crippen LogP contribution in [0.1, 0.15) is 12.5 Å². The van der Waals surface area contributed by atoms with Gasteiger partial charge in [-0.1, -0.05) is 0 Å². The summed E-state index contributed by atoms with van der Waals surface area (Å²) in [6.07, 6.45) is 0. The molecule has 2 aromatic carbocycles. The van der Waals surface area contributed by atoms with Crippen molar-refractivity contribution >= 4 is 11.6 Å². The van der Waals surface area contributed by atoms with Gasteiger partial charge in [0, 0.05) is 17.3 Å². The van der Waals surface area contributed by atoms with Gasteiger partial charge in [0.2, 0.25) is 6.79 Å². The molecule has 164 valence electrons. The normalized spacial score (nSPS) is 22.6. The van der Waals surface area contributed by atoms with E-state index in [1.165, 1.54) is 15.4 Å². The number of hydrogen-bond acceptors (Lipinski definition) is 5. The molecule has 1 saturated heterocycles. The number of anilines is 1. The van der Waals surface area contributed by atoms with E-state index in [-0.39, 0.29) is 11.9 Å². The lowest BCUT2D eigenvalue weighted by Gasteiger charge is -2.32. The second-order valence-corrected chi connectivity index (χ2v) is 8.34. The Kier molecular flexibility index (Phi) is 5.57. The molecule has 3 aliphatic heterocycles. The van der Waals surface area contributed by atoms with Crippen LogP contribution in [0, 0.1) is 0 Å². The Morgan fingerprint density at radius 3 is 2.42 bits per heavy atom. The van der Waals surface area contributed by atoms with Crippen molar-refractivity contribution in [1.29, 1.82) is 0 Å². The summed E-state index contributed by atoms with van der Waals surface area (Å²) in [4.78, 5) is 15.7. The summed E-state index contributed by atoms with van der Waals surface area (Å²) in [5.41, 5.74) is 2.00. The van der Waals surface area contributed by atoms with Crippen molar-refractivity contribution in [3.8, 4) is 23.0 Å². The molecule has 3 aliphatic rings. The van der Waals surface area contributed by atoms with Crippen molar-refractivity contribution in [2.45, 2.75) is 19.5 Å². The molecule has 5 rings (SSSR count). The quantitative estimate of drug-likeness (QED) is 0.600. The third-order valence-electron chi connectivity index (χ3n) is 6.31. The second-order valence-electron chi connectivity index (χ2n) is 8.34. The summed E-state index contributed by atoms with van der Waals surface area (Å²) in [6, 6.07) is 11.6. The number of amides is 1. The van der Waals surface area contributed by atoms with Crippen molar-refractivity contribution in [1.82, 2.24) is 0 Å². The first-order chi connectivity index (χ1) is 15.2. The van der Waals surface area contributed by atoms with E-state index in [0.29, 0.717) is 25.8 Å². The molecule has 2 aromatic rings. The number of carbonyl (C=O) groups is 1. The Labute approximate surface area is 181 Å². The van der Waals surface area contributed by atoms with Crippen LogP contribution in [-0.2, 0) is 11.3 Å². The van der Waals surface area contributed by atoms with Gasteiger partial charge in [-0.3, -0.25) is 4.79 Å². The summed E-state index contributed by atoms with van der Waals surface area (Å²) in [5.74, 6) is 3.11. The SMILES string of the molecule is C[C@@H](C(=O)Nc1ccc2c(c1)OCCO2)[NH+]1CC[NH+](Cc2ccc3c(c2)OCO3)CC1. The molecule has 0 saturated carbocycles. The van der Waals surface area contributed by atoms with E-state index in [2.05, 4.69) is 17.4 Å². The van der Waals surface area contributed by atoms with Crippen LogP contribution >= 0.6 is 0 Å². The number of quaternary nitrogens is 2. The average molecular weight is 428 g/mol. The van der Waals surface area contributed by atoms with E-state index in [1.807, 2.05) is 31.2 Å². The zero-order chi connectivity index (χ0) is 21.2. The molecule has 0 bridgehead atoms. The van der Waals surface area contributed by atoms with Gasteiger partial charge in [0.25, 0.3) is 5.91 Å². The third kappa shape index (κ3) is 4.40. The minimum Gasteiger partial charge on any atom is -0.486 e. The molecular weight excluding hydrogens is 398 g/mol. The van der Waals surface area contributed by atoms with Gasteiger partial charge in [-0.25, -0.2) is 0 Å². The van der Waals surface area contributed by atoms with Crippen LogP contribution in [0.2, 0.25) is 0 Å². The molecular formula is C23H29N3O5+2. The summed E-state index contributed by atoms with van der Waals surface area (Å²) < 4.78 is 22.0. The number of rotatable bonds is 5. The first-order valence-corrected chi connectivity index (χ1v) is 10.9.